The molecule has 4 fully saturated rings. The maximum atomic E-state index is 13.0. The molecule has 7 nitrogen and oxygen atoms in total. The predicted molar refractivity (Wildman–Crippen MR) is 94.9 cm³/mol. The molecule has 5 heterocycles. The second-order valence-electron chi connectivity index (χ2n) is 8.38. The monoisotopic (exact) mass is 390 g/mol. The number of rotatable bonds is 4. The zero-order chi connectivity index (χ0) is 19.7. The Labute approximate surface area is 159 Å². The first-order valence-electron chi connectivity index (χ1n) is 9.26. The van der Waals surface area contributed by atoms with Gasteiger partial charge in [-0.25, -0.2) is 13.8 Å². The van der Waals surface area contributed by atoms with Crippen LogP contribution in [0, 0.1) is 0 Å². The van der Waals surface area contributed by atoms with Gasteiger partial charge in [0.15, 0.2) is 0 Å². The topological polar surface area (TPSA) is 87.3 Å². The average Bonchev–Trinajstić information content (AvgIpc) is 3.18. The molecule has 3 aliphatic heterocycles. The lowest BCUT2D eigenvalue weighted by atomic mass is 9.60. The zero-order valence-corrected chi connectivity index (χ0v) is 15.3. The lowest BCUT2D eigenvalue weighted by Gasteiger charge is -2.55. The second-order valence-corrected chi connectivity index (χ2v) is 8.38. The minimum atomic E-state index is -2.68. The number of nitrogens with one attached hydrogen (secondary N) is 2. The Morgan fingerprint density at radius 2 is 2.11 bits per heavy atom. The van der Waals surface area contributed by atoms with E-state index in [1.165, 1.54) is 0 Å². The summed E-state index contributed by atoms with van der Waals surface area (Å²) < 4.78 is 31.4. The number of H-pyrrole nitrogens is 1. The minimum Gasteiger partial charge on any atom is -0.362 e. The summed E-state index contributed by atoms with van der Waals surface area (Å²) >= 11 is 0. The maximum absolute atomic E-state index is 13.0. The molecule has 3 saturated heterocycles. The van der Waals surface area contributed by atoms with E-state index in [1.807, 2.05) is 6.92 Å². The van der Waals surface area contributed by atoms with Gasteiger partial charge in [0.05, 0.1) is 36.2 Å². The lowest BCUT2D eigenvalue weighted by Crippen LogP contribution is -2.76. The van der Waals surface area contributed by atoms with Gasteiger partial charge < -0.3 is 19.9 Å². The molecule has 1 spiro atoms. The summed E-state index contributed by atoms with van der Waals surface area (Å²) in [5.74, 6) is -0.806. The molecule has 2 aromatic rings. The summed E-state index contributed by atoms with van der Waals surface area (Å²) in [6, 6.07) is 3.49. The van der Waals surface area contributed by atoms with Crippen molar-refractivity contribution in [1.29, 1.82) is 0 Å². The van der Waals surface area contributed by atoms with Gasteiger partial charge in [-0.1, -0.05) is 0 Å². The van der Waals surface area contributed by atoms with Crippen molar-refractivity contribution in [2.24, 2.45) is 0 Å². The summed E-state index contributed by atoms with van der Waals surface area (Å²) in [6.45, 7) is 2.60. The van der Waals surface area contributed by atoms with Gasteiger partial charge >= 0.3 is 0 Å². The van der Waals surface area contributed by atoms with Gasteiger partial charge in [-0.3, -0.25) is 9.59 Å². The molecular formula is C19H20F2N4O3. The number of carbonyl (C=O) groups is 2. The van der Waals surface area contributed by atoms with Crippen LogP contribution in [0.1, 0.15) is 36.5 Å². The highest BCUT2D eigenvalue weighted by atomic mass is 19.3. The molecule has 9 heteroatoms. The van der Waals surface area contributed by atoms with Crippen LogP contribution in [0.4, 0.5) is 8.78 Å². The number of hydrogen-bond donors (Lipinski definition) is 2. The Morgan fingerprint density at radius 1 is 1.36 bits per heavy atom. The van der Waals surface area contributed by atoms with Crippen molar-refractivity contribution in [3.63, 3.8) is 0 Å². The van der Waals surface area contributed by atoms with E-state index in [1.54, 1.807) is 29.4 Å². The largest absolute Gasteiger partial charge is 0.362 e. The summed E-state index contributed by atoms with van der Waals surface area (Å²) in [5, 5.41) is 3.55. The molecule has 2 amide bonds. The number of carbonyl (C=O) groups excluding carboxylic acids is 2. The van der Waals surface area contributed by atoms with E-state index in [4.69, 9.17) is 4.74 Å². The van der Waals surface area contributed by atoms with Crippen molar-refractivity contribution in [3.8, 4) is 0 Å². The van der Waals surface area contributed by atoms with Crippen molar-refractivity contribution in [2.45, 2.75) is 49.4 Å². The number of hydrogen-bond acceptors (Lipinski definition) is 4. The van der Waals surface area contributed by atoms with E-state index >= 15 is 0 Å². The van der Waals surface area contributed by atoms with E-state index in [-0.39, 0.29) is 11.5 Å². The molecule has 28 heavy (non-hydrogen) atoms. The number of nitrogens with zero attached hydrogens (tertiary/aromatic N) is 2. The average molecular weight is 390 g/mol. The molecule has 2 bridgehead atoms. The zero-order valence-electron chi connectivity index (χ0n) is 15.3. The summed E-state index contributed by atoms with van der Waals surface area (Å²) in [4.78, 5) is 33.8. The fourth-order valence-electron chi connectivity index (χ4n) is 5.25. The number of likely N-dealkylation sites (tertiary alicyclic amines) is 1. The molecular weight excluding hydrogens is 370 g/mol. The molecule has 0 radical (unpaired) electrons. The number of ether oxygens (including phenoxy) is 1. The van der Waals surface area contributed by atoms with Crippen molar-refractivity contribution in [2.75, 3.05) is 13.1 Å². The van der Waals surface area contributed by atoms with E-state index in [0.29, 0.717) is 37.1 Å². The molecule has 0 unspecified atom stereocenters. The predicted octanol–water partition coefficient (Wildman–Crippen LogP) is 1.85. The third-order valence-corrected chi connectivity index (χ3v) is 6.25. The Morgan fingerprint density at radius 3 is 2.82 bits per heavy atom. The minimum absolute atomic E-state index is 0.135. The van der Waals surface area contributed by atoms with Crippen LogP contribution in [0.25, 0.3) is 11.0 Å². The Kier molecular flexibility index (Phi) is 3.44. The van der Waals surface area contributed by atoms with Crippen LogP contribution in [-0.4, -0.2) is 62.9 Å². The molecule has 1 saturated carbocycles. The van der Waals surface area contributed by atoms with Gasteiger partial charge in [0.2, 0.25) is 12.3 Å². The molecule has 2 aromatic heterocycles. The van der Waals surface area contributed by atoms with E-state index in [0.717, 1.165) is 5.39 Å². The fraction of sp³-hybridized carbons (Fsp3) is 0.526. The first-order chi connectivity index (χ1) is 13.2. The highest BCUT2D eigenvalue weighted by Gasteiger charge is 2.77. The third-order valence-electron chi connectivity index (χ3n) is 6.25. The Hall–Kier alpha value is -2.55. The molecule has 2 N–H and O–H groups in total. The van der Waals surface area contributed by atoms with Crippen LogP contribution < -0.4 is 5.32 Å². The molecule has 1 aliphatic carbocycles. The molecule has 6 rings (SSSR count). The van der Waals surface area contributed by atoms with Gasteiger partial charge in [0, 0.05) is 30.6 Å². The number of alkyl halides is 2. The van der Waals surface area contributed by atoms with E-state index in [2.05, 4.69) is 15.3 Å². The van der Waals surface area contributed by atoms with Crippen molar-refractivity contribution in [1.82, 2.24) is 20.2 Å². The van der Waals surface area contributed by atoms with Crippen LogP contribution in [0.3, 0.4) is 0 Å². The standard InChI is InChI=1S/C19H20F2N4O3/c1-17-7-18(8-17,24-14(26)6-13(20)21)19(28-17)9-25(10-19)16(27)12-3-5-23-15-11(12)2-4-22-15/h2-5,13H,6-10H2,1H3,(H,22,23)(H,24,26). The van der Waals surface area contributed by atoms with Gasteiger partial charge in [-0.2, -0.15) is 0 Å². The molecule has 0 aromatic carbocycles. The van der Waals surface area contributed by atoms with Gasteiger partial charge in [0.1, 0.15) is 11.2 Å². The van der Waals surface area contributed by atoms with Crippen molar-refractivity contribution < 1.29 is 23.1 Å². The number of aromatic nitrogens is 2. The number of fused-ring (bicyclic) bond motifs is 1. The highest BCUT2D eigenvalue weighted by molar-refractivity contribution is 6.05. The van der Waals surface area contributed by atoms with Crippen LogP contribution in [0.2, 0.25) is 0 Å². The smallest absolute Gasteiger partial charge is 0.254 e. The Bertz CT molecular complexity index is 976. The first-order valence-corrected chi connectivity index (χ1v) is 9.26. The summed E-state index contributed by atoms with van der Waals surface area (Å²) in [7, 11) is 0. The number of halogens is 2. The first kappa shape index (κ1) is 17.5. The summed E-state index contributed by atoms with van der Waals surface area (Å²) in [6.07, 6.45) is 0.964. The molecule has 4 aliphatic rings. The quantitative estimate of drug-likeness (QED) is 0.834. The SMILES string of the molecule is CC12CC(NC(=O)CC(F)F)(C1)C1(CN(C(=O)c3ccnc4[nH]ccc34)C1)O2. The van der Waals surface area contributed by atoms with E-state index < -0.39 is 29.9 Å². The van der Waals surface area contributed by atoms with E-state index in [9.17, 15) is 18.4 Å². The lowest BCUT2D eigenvalue weighted by molar-refractivity contribution is -0.137. The van der Waals surface area contributed by atoms with Crippen LogP contribution in [-0.2, 0) is 9.53 Å². The summed E-state index contributed by atoms with van der Waals surface area (Å²) in [5.41, 5.74) is -0.569. The molecule has 0 atom stereocenters. The number of amides is 2. The fourth-order valence-corrected chi connectivity index (χ4v) is 5.25. The van der Waals surface area contributed by atoms with Gasteiger partial charge in [0.25, 0.3) is 5.91 Å². The number of aromatic amines is 1. The third kappa shape index (κ3) is 2.32. The van der Waals surface area contributed by atoms with Crippen LogP contribution >= 0.6 is 0 Å². The number of pyridine rings is 1. The maximum Gasteiger partial charge on any atom is 0.254 e. The highest BCUT2D eigenvalue weighted by Crippen LogP contribution is 2.63. The van der Waals surface area contributed by atoms with Crippen molar-refractivity contribution >= 4 is 22.8 Å². The second kappa shape index (κ2) is 5.50. The van der Waals surface area contributed by atoms with Gasteiger partial charge in [-0.15, -0.1) is 0 Å². The Balaban J connectivity index is 1.35. The van der Waals surface area contributed by atoms with Crippen LogP contribution in [0.5, 0.6) is 0 Å². The van der Waals surface area contributed by atoms with Crippen LogP contribution in [0.15, 0.2) is 24.5 Å². The normalized spacial score (nSPS) is 29.8. The van der Waals surface area contributed by atoms with Gasteiger partial charge in [-0.05, 0) is 19.1 Å². The molecule has 148 valence electrons. The van der Waals surface area contributed by atoms with Crippen molar-refractivity contribution in [3.05, 3.63) is 30.1 Å².